The summed E-state index contributed by atoms with van der Waals surface area (Å²) < 4.78 is 15.3. The minimum Gasteiger partial charge on any atom is -0.493 e. The van der Waals surface area contributed by atoms with Gasteiger partial charge in [0, 0.05) is 13.7 Å². The van der Waals surface area contributed by atoms with Gasteiger partial charge in [0.1, 0.15) is 6.10 Å². The number of carbonyl (C=O) groups is 1. The molecule has 1 atom stereocenters. The molecule has 0 saturated heterocycles. The summed E-state index contributed by atoms with van der Waals surface area (Å²) >= 11 is 0. The molecule has 1 aromatic rings. The van der Waals surface area contributed by atoms with Gasteiger partial charge in [-0.2, -0.15) is 0 Å². The van der Waals surface area contributed by atoms with Crippen LogP contribution >= 0.6 is 0 Å². The largest absolute Gasteiger partial charge is 0.493 e. The predicted molar refractivity (Wildman–Crippen MR) is 67.9 cm³/mol. The van der Waals surface area contributed by atoms with E-state index < -0.39 is 6.10 Å². The van der Waals surface area contributed by atoms with E-state index in [2.05, 4.69) is 5.32 Å². The maximum atomic E-state index is 11.5. The third-order valence-corrected chi connectivity index (χ3v) is 2.64. The maximum absolute atomic E-state index is 11.5. The van der Waals surface area contributed by atoms with Gasteiger partial charge in [-0.25, -0.2) is 0 Å². The summed E-state index contributed by atoms with van der Waals surface area (Å²) in [6.07, 6.45) is -0.454. The molecule has 1 amide bonds. The summed E-state index contributed by atoms with van der Waals surface area (Å²) in [6.45, 7) is 2.12. The van der Waals surface area contributed by atoms with Crippen molar-refractivity contribution in [2.45, 2.75) is 19.6 Å². The van der Waals surface area contributed by atoms with E-state index in [4.69, 9.17) is 14.2 Å². The molecular formula is C13H19NO4. The monoisotopic (exact) mass is 253 g/mol. The van der Waals surface area contributed by atoms with E-state index in [-0.39, 0.29) is 5.91 Å². The predicted octanol–water partition coefficient (Wildman–Crippen LogP) is 1.35. The molecule has 0 heterocycles. The molecule has 0 aliphatic rings. The quantitative estimate of drug-likeness (QED) is 0.831. The maximum Gasteiger partial charge on any atom is 0.249 e. The summed E-state index contributed by atoms with van der Waals surface area (Å²) in [6, 6.07) is 5.51. The standard InChI is InChI=1S/C13H19NO4/c1-9(16-2)13(15)14-8-10-5-6-11(17-3)12(7-10)18-4/h5-7,9H,8H2,1-4H3,(H,14,15). The summed E-state index contributed by atoms with van der Waals surface area (Å²) in [4.78, 5) is 11.5. The molecule has 0 aromatic heterocycles. The Kier molecular flexibility index (Phi) is 5.45. The lowest BCUT2D eigenvalue weighted by atomic mass is 10.2. The molecule has 18 heavy (non-hydrogen) atoms. The third-order valence-electron chi connectivity index (χ3n) is 2.64. The lowest BCUT2D eigenvalue weighted by Crippen LogP contribution is -2.33. The van der Waals surface area contributed by atoms with E-state index in [1.807, 2.05) is 12.1 Å². The molecule has 0 radical (unpaired) electrons. The lowest BCUT2D eigenvalue weighted by Gasteiger charge is -2.12. The van der Waals surface area contributed by atoms with Gasteiger partial charge in [-0.3, -0.25) is 4.79 Å². The number of amides is 1. The van der Waals surface area contributed by atoms with Crippen LogP contribution < -0.4 is 14.8 Å². The third kappa shape index (κ3) is 3.63. The zero-order valence-electron chi connectivity index (χ0n) is 11.1. The van der Waals surface area contributed by atoms with Crippen LogP contribution in [0.5, 0.6) is 11.5 Å². The lowest BCUT2D eigenvalue weighted by molar-refractivity contribution is -0.130. The number of benzene rings is 1. The highest BCUT2D eigenvalue weighted by Crippen LogP contribution is 2.27. The smallest absolute Gasteiger partial charge is 0.249 e. The zero-order chi connectivity index (χ0) is 13.5. The Bertz CT molecular complexity index is 406. The summed E-state index contributed by atoms with van der Waals surface area (Å²) in [5, 5.41) is 2.78. The molecule has 0 bridgehead atoms. The van der Waals surface area contributed by atoms with Crippen LogP contribution in [0.25, 0.3) is 0 Å². The second-order valence-corrected chi connectivity index (χ2v) is 3.79. The van der Waals surface area contributed by atoms with E-state index >= 15 is 0 Å². The zero-order valence-corrected chi connectivity index (χ0v) is 11.1. The van der Waals surface area contributed by atoms with Gasteiger partial charge in [-0.05, 0) is 24.6 Å². The number of carbonyl (C=O) groups excluding carboxylic acids is 1. The Morgan fingerprint density at radius 3 is 2.44 bits per heavy atom. The molecule has 100 valence electrons. The van der Waals surface area contributed by atoms with E-state index in [9.17, 15) is 4.79 Å². The molecule has 1 N–H and O–H groups in total. The molecule has 1 unspecified atom stereocenters. The van der Waals surface area contributed by atoms with E-state index in [0.717, 1.165) is 5.56 Å². The van der Waals surface area contributed by atoms with Crippen LogP contribution in [-0.2, 0) is 16.1 Å². The number of rotatable bonds is 6. The highest BCUT2D eigenvalue weighted by molar-refractivity contribution is 5.80. The highest BCUT2D eigenvalue weighted by Gasteiger charge is 2.11. The van der Waals surface area contributed by atoms with E-state index in [1.54, 1.807) is 27.2 Å². The van der Waals surface area contributed by atoms with Gasteiger partial charge in [0.25, 0.3) is 0 Å². The molecule has 0 saturated carbocycles. The average Bonchev–Trinajstić information content (AvgIpc) is 2.43. The van der Waals surface area contributed by atoms with Crippen LogP contribution in [0.3, 0.4) is 0 Å². The molecule has 0 fully saturated rings. The number of hydrogen-bond donors (Lipinski definition) is 1. The summed E-state index contributed by atoms with van der Waals surface area (Å²) in [7, 11) is 4.66. The van der Waals surface area contributed by atoms with Crippen LogP contribution in [0.15, 0.2) is 18.2 Å². The average molecular weight is 253 g/mol. The number of ether oxygens (including phenoxy) is 3. The molecule has 0 spiro atoms. The van der Waals surface area contributed by atoms with Crippen LogP contribution in [0.2, 0.25) is 0 Å². The fourth-order valence-electron chi connectivity index (χ4n) is 1.43. The van der Waals surface area contributed by atoms with Crippen LogP contribution in [0.1, 0.15) is 12.5 Å². The van der Waals surface area contributed by atoms with Crippen molar-refractivity contribution in [3.63, 3.8) is 0 Å². The topological polar surface area (TPSA) is 56.8 Å². The van der Waals surface area contributed by atoms with Crippen molar-refractivity contribution < 1.29 is 19.0 Å². The van der Waals surface area contributed by atoms with Crippen LogP contribution in [0.4, 0.5) is 0 Å². The first-order valence-electron chi connectivity index (χ1n) is 5.63. The normalized spacial score (nSPS) is 11.8. The number of nitrogens with one attached hydrogen (secondary N) is 1. The van der Waals surface area contributed by atoms with E-state index in [1.165, 1.54) is 7.11 Å². The van der Waals surface area contributed by atoms with Gasteiger partial charge in [0.15, 0.2) is 11.5 Å². The van der Waals surface area contributed by atoms with Crippen molar-refractivity contribution in [3.8, 4) is 11.5 Å². The van der Waals surface area contributed by atoms with Crippen LogP contribution in [-0.4, -0.2) is 33.3 Å². The Morgan fingerprint density at radius 1 is 1.22 bits per heavy atom. The second kappa shape index (κ2) is 6.86. The molecule has 0 aliphatic carbocycles. The van der Waals surface area contributed by atoms with Gasteiger partial charge in [-0.1, -0.05) is 6.07 Å². The summed E-state index contributed by atoms with van der Waals surface area (Å²) in [5.41, 5.74) is 0.935. The Hall–Kier alpha value is -1.75. The van der Waals surface area contributed by atoms with Gasteiger partial charge >= 0.3 is 0 Å². The second-order valence-electron chi connectivity index (χ2n) is 3.79. The molecule has 5 nitrogen and oxygen atoms in total. The highest BCUT2D eigenvalue weighted by atomic mass is 16.5. The Labute approximate surface area is 107 Å². The molecule has 1 rings (SSSR count). The SMILES string of the molecule is COc1ccc(CNC(=O)C(C)OC)cc1OC. The number of hydrogen-bond acceptors (Lipinski definition) is 4. The molecule has 5 heteroatoms. The van der Waals surface area contributed by atoms with Gasteiger partial charge in [0.05, 0.1) is 14.2 Å². The fraction of sp³-hybridized carbons (Fsp3) is 0.462. The van der Waals surface area contributed by atoms with Crippen molar-refractivity contribution in [2.75, 3.05) is 21.3 Å². The van der Waals surface area contributed by atoms with Crippen molar-refractivity contribution >= 4 is 5.91 Å². The van der Waals surface area contributed by atoms with Crippen molar-refractivity contribution in [3.05, 3.63) is 23.8 Å². The van der Waals surface area contributed by atoms with Crippen LogP contribution in [0, 0.1) is 0 Å². The van der Waals surface area contributed by atoms with Crippen molar-refractivity contribution in [1.29, 1.82) is 0 Å². The van der Waals surface area contributed by atoms with Gasteiger partial charge in [-0.15, -0.1) is 0 Å². The molecule has 1 aromatic carbocycles. The van der Waals surface area contributed by atoms with Crippen molar-refractivity contribution in [2.24, 2.45) is 0 Å². The molecular weight excluding hydrogens is 234 g/mol. The summed E-state index contributed by atoms with van der Waals surface area (Å²) in [5.74, 6) is 1.16. The first kappa shape index (κ1) is 14.3. The first-order chi connectivity index (χ1) is 8.62. The fourth-order valence-corrected chi connectivity index (χ4v) is 1.43. The molecule has 0 aliphatic heterocycles. The Balaban J connectivity index is 2.66. The van der Waals surface area contributed by atoms with E-state index in [0.29, 0.717) is 18.0 Å². The number of methoxy groups -OCH3 is 3. The Morgan fingerprint density at radius 2 is 1.89 bits per heavy atom. The first-order valence-corrected chi connectivity index (χ1v) is 5.63. The van der Waals surface area contributed by atoms with Gasteiger partial charge in [0.2, 0.25) is 5.91 Å². The van der Waals surface area contributed by atoms with Crippen molar-refractivity contribution in [1.82, 2.24) is 5.32 Å². The van der Waals surface area contributed by atoms with Gasteiger partial charge < -0.3 is 19.5 Å². The minimum absolute atomic E-state index is 0.146. The minimum atomic E-state index is -0.454.